The van der Waals surface area contributed by atoms with Gasteiger partial charge in [-0.05, 0) is 77.1 Å². The number of barbiturate groups is 1. The van der Waals surface area contributed by atoms with Gasteiger partial charge in [-0.25, -0.2) is 9.69 Å². The van der Waals surface area contributed by atoms with Gasteiger partial charge < -0.3 is 9.64 Å². The maximum absolute atomic E-state index is 14.4. The Bertz CT molecular complexity index is 2030. The Morgan fingerprint density at radius 3 is 2.00 bits per heavy atom. The first-order valence-corrected chi connectivity index (χ1v) is 16.6. The molecule has 48 heavy (non-hydrogen) atoms. The predicted octanol–water partition coefficient (Wildman–Crippen LogP) is 7.78. The molecule has 8 rings (SSSR count). The first kappa shape index (κ1) is 29.7. The molecule has 1 N–H and O–H groups in total. The first-order valence-electron chi connectivity index (χ1n) is 16.6. The van der Waals surface area contributed by atoms with E-state index in [9.17, 15) is 14.4 Å². The topological polar surface area (TPSA) is 79.0 Å². The molecule has 4 amide bonds. The predicted molar refractivity (Wildman–Crippen MR) is 189 cm³/mol. The number of nitrogens with zero attached hydrogens (tertiary/aromatic N) is 2. The van der Waals surface area contributed by atoms with Crippen LogP contribution in [-0.2, 0) is 9.59 Å². The van der Waals surface area contributed by atoms with E-state index in [0.29, 0.717) is 23.6 Å². The van der Waals surface area contributed by atoms with Crippen molar-refractivity contribution < 1.29 is 19.1 Å². The monoisotopic (exact) mass is 633 g/mol. The Morgan fingerprint density at radius 2 is 1.38 bits per heavy atom. The number of hydrogen-bond acceptors (Lipinski definition) is 5. The Morgan fingerprint density at radius 1 is 0.771 bits per heavy atom. The van der Waals surface area contributed by atoms with Crippen LogP contribution in [0.4, 0.5) is 16.2 Å². The lowest BCUT2D eigenvalue weighted by Crippen LogP contribution is -2.54. The molecule has 5 aromatic carbocycles. The second kappa shape index (κ2) is 12.2. The fourth-order valence-corrected chi connectivity index (χ4v) is 7.71. The lowest BCUT2D eigenvalue weighted by atomic mass is 9.76. The molecular weight excluding hydrogens is 598 g/mol. The van der Waals surface area contributed by atoms with E-state index < -0.39 is 17.8 Å². The molecule has 0 aliphatic carbocycles. The quantitative estimate of drug-likeness (QED) is 0.153. The molecule has 0 unspecified atom stereocenters. The van der Waals surface area contributed by atoms with Gasteiger partial charge in [0, 0.05) is 36.2 Å². The molecular formula is C41H35N3O4. The average Bonchev–Trinajstić information content (AvgIpc) is 3.11. The van der Waals surface area contributed by atoms with Crippen molar-refractivity contribution in [3.05, 3.63) is 143 Å². The van der Waals surface area contributed by atoms with Crippen molar-refractivity contribution in [2.45, 2.75) is 31.6 Å². The molecule has 1 fully saturated rings. The first-order chi connectivity index (χ1) is 23.5. The summed E-state index contributed by atoms with van der Waals surface area (Å²) in [4.78, 5) is 45.1. The number of urea groups is 1. The smallest absolute Gasteiger partial charge is 0.335 e. The summed E-state index contributed by atoms with van der Waals surface area (Å²) < 4.78 is 5.93. The van der Waals surface area contributed by atoms with E-state index >= 15 is 0 Å². The van der Waals surface area contributed by atoms with Crippen molar-refractivity contribution >= 4 is 46.1 Å². The SMILES string of the molecule is CCOc1ccc2ccccc2c1/C=C1\C(=O)NC(=O)N(c2cc3c4c(c2)[C@H](c2ccccc2)CCN4CC[C@@H]3c2ccccc2)C1=O. The molecule has 0 spiro atoms. The molecule has 7 heteroatoms. The highest BCUT2D eigenvalue weighted by Gasteiger charge is 2.40. The van der Waals surface area contributed by atoms with Gasteiger partial charge in [0.1, 0.15) is 11.3 Å². The highest BCUT2D eigenvalue weighted by Crippen LogP contribution is 2.50. The molecule has 0 radical (unpaired) electrons. The van der Waals surface area contributed by atoms with Crippen molar-refractivity contribution in [1.29, 1.82) is 0 Å². The van der Waals surface area contributed by atoms with Crippen LogP contribution in [0.1, 0.15) is 59.4 Å². The normalized spacial score (nSPS) is 19.8. The van der Waals surface area contributed by atoms with E-state index in [1.54, 1.807) is 6.08 Å². The van der Waals surface area contributed by atoms with E-state index in [2.05, 4.69) is 58.7 Å². The minimum absolute atomic E-state index is 0.0923. The molecule has 2 atom stereocenters. The summed E-state index contributed by atoms with van der Waals surface area (Å²) in [6.07, 6.45) is 3.40. The number of benzene rings is 5. The van der Waals surface area contributed by atoms with Crippen LogP contribution in [0.15, 0.2) is 115 Å². The van der Waals surface area contributed by atoms with Gasteiger partial charge in [-0.1, -0.05) is 91.0 Å². The molecule has 0 saturated carbocycles. The summed E-state index contributed by atoms with van der Waals surface area (Å²) in [6.45, 7) is 4.16. The lowest BCUT2D eigenvalue weighted by Gasteiger charge is -2.44. The lowest BCUT2D eigenvalue weighted by molar-refractivity contribution is -0.122. The van der Waals surface area contributed by atoms with Gasteiger partial charge in [-0.2, -0.15) is 0 Å². The fraction of sp³-hybridized carbons (Fsp3) is 0.195. The molecule has 3 heterocycles. The highest BCUT2D eigenvalue weighted by molar-refractivity contribution is 6.39. The van der Waals surface area contributed by atoms with E-state index in [0.717, 1.165) is 52.7 Å². The number of carbonyl (C=O) groups excluding carboxylic acids is 3. The van der Waals surface area contributed by atoms with Crippen LogP contribution >= 0.6 is 0 Å². The number of amides is 4. The summed E-state index contributed by atoms with van der Waals surface area (Å²) >= 11 is 0. The van der Waals surface area contributed by atoms with Gasteiger partial charge >= 0.3 is 6.03 Å². The zero-order valence-electron chi connectivity index (χ0n) is 26.7. The second-order valence-electron chi connectivity index (χ2n) is 12.6. The maximum atomic E-state index is 14.4. The summed E-state index contributed by atoms with van der Waals surface area (Å²) in [5.74, 6) is -0.652. The van der Waals surface area contributed by atoms with Gasteiger partial charge in [-0.15, -0.1) is 0 Å². The number of hydrogen-bond donors (Lipinski definition) is 1. The standard InChI is InChI=1S/C41H35N3O4/c1-2-48-37-18-17-28-15-9-10-16-30(28)33(37)25-36-39(45)42-41(47)44(40(36)46)29-23-34-31(26-11-5-3-6-12-26)19-21-43-22-20-32(35(24-29)38(34)43)27-13-7-4-8-14-27/h3-18,23-25,31-32H,2,19-22H2,1H3,(H,42,45,47)/b36-25+/t31-,32+. The summed E-state index contributed by atoms with van der Waals surface area (Å²) in [6, 6.07) is 35.6. The minimum Gasteiger partial charge on any atom is -0.493 e. The van der Waals surface area contributed by atoms with Gasteiger partial charge in [0.05, 0.1) is 12.3 Å². The van der Waals surface area contributed by atoms with Gasteiger partial charge in [-0.3, -0.25) is 14.9 Å². The van der Waals surface area contributed by atoms with Crippen molar-refractivity contribution in [2.75, 3.05) is 29.5 Å². The Balaban J connectivity index is 1.30. The van der Waals surface area contributed by atoms with Crippen molar-refractivity contribution in [3.63, 3.8) is 0 Å². The van der Waals surface area contributed by atoms with Crippen LogP contribution in [0.25, 0.3) is 16.8 Å². The number of ether oxygens (including phenoxy) is 1. The number of imide groups is 2. The van der Waals surface area contributed by atoms with Crippen LogP contribution < -0.4 is 19.9 Å². The third-order valence-electron chi connectivity index (χ3n) is 9.88. The molecule has 238 valence electrons. The molecule has 1 saturated heterocycles. The van der Waals surface area contributed by atoms with E-state index in [1.165, 1.54) is 16.8 Å². The number of nitrogens with one attached hydrogen (secondary N) is 1. The Kier molecular flexibility index (Phi) is 7.52. The molecule has 7 nitrogen and oxygen atoms in total. The van der Waals surface area contributed by atoms with Crippen LogP contribution in [0.3, 0.4) is 0 Å². The fourth-order valence-electron chi connectivity index (χ4n) is 7.71. The highest BCUT2D eigenvalue weighted by atomic mass is 16.5. The molecule has 5 aromatic rings. The molecule has 0 aromatic heterocycles. The second-order valence-corrected chi connectivity index (χ2v) is 12.6. The number of rotatable bonds is 6. The maximum Gasteiger partial charge on any atom is 0.335 e. The largest absolute Gasteiger partial charge is 0.493 e. The third kappa shape index (κ3) is 5.03. The van der Waals surface area contributed by atoms with E-state index in [4.69, 9.17) is 4.74 Å². The van der Waals surface area contributed by atoms with Crippen molar-refractivity contribution in [1.82, 2.24) is 5.32 Å². The summed E-state index contributed by atoms with van der Waals surface area (Å²) in [7, 11) is 0. The van der Waals surface area contributed by atoms with Crippen LogP contribution in [0.5, 0.6) is 5.75 Å². The van der Waals surface area contributed by atoms with Crippen molar-refractivity contribution in [2.24, 2.45) is 0 Å². The zero-order valence-corrected chi connectivity index (χ0v) is 26.7. The number of anilines is 2. The number of fused-ring (bicyclic) bond motifs is 1. The van der Waals surface area contributed by atoms with Crippen molar-refractivity contribution in [3.8, 4) is 5.75 Å². The van der Waals surface area contributed by atoms with Crippen LogP contribution in [0, 0.1) is 0 Å². The number of carbonyl (C=O) groups is 3. The van der Waals surface area contributed by atoms with Gasteiger partial charge in [0.2, 0.25) is 0 Å². The summed E-state index contributed by atoms with van der Waals surface area (Å²) in [5.41, 5.74) is 6.72. The average molecular weight is 634 g/mol. The van der Waals surface area contributed by atoms with Gasteiger partial charge in [0.25, 0.3) is 11.8 Å². The van der Waals surface area contributed by atoms with E-state index in [1.807, 2.05) is 67.6 Å². The van der Waals surface area contributed by atoms with Crippen LogP contribution in [0.2, 0.25) is 0 Å². The third-order valence-corrected chi connectivity index (χ3v) is 9.88. The molecule has 3 aliphatic rings. The molecule has 3 aliphatic heterocycles. The molecule has 0 bridgehead atoms. The Hall–Kier alpha value is -5.69. The summed E-state index contributed by atoms with van der Waals surface area (Å²) in [5, 5.41) is 4.25. The Labute approximate surface area is 279 Å². The minimum atomic E-state index is -0.756. The van der Waals surface area contributed by atoms with Gasteiger partial charge in [0.15, 0.2) is 0 Å². The van der Waals surface area contributed by atoms with Crippen LogP contribution in [-0.4, -0.2) is 37.5 Å². The van der Waals surface area contributed by atoms with E-state index in [-0.39, 0.29) is 17.4 Å². The zero-order chi connectivity index (χ0) is 32.8.